The molecule has 5 rings (SSSR count). The number of amides is 1. The standard InChI is InChI=1S/C28H28N4O3S/c1-16-2-11-23(29)21(12-16)28(35)32-20-9-7-19(8-10-20)25-27-26(31-15-30-25)22(14-36-27)18-5-3-17(4-6-18)13-24(33)34/h2,7-12,14-15,17-18H,3-6,13,29H2,1H3,(H,32,35)(H,33,34). The van der Waals surface area contributed by atoms with Gasteiger partial charge in [-0.25, -0.2) is 9.97 Å². The van der Waals surface area contributed by atoms with Crippen LogP contribution in [0.25, 0.3) is 21.5 Å². The molecule has 0 unspecified atom stereocenters. The van der Waals surface area contributed by atoms with Crippen molar-refractivity contribution in [2.24, 2.45) is 5.92 Å². The molecule has 7 nitrogen and oxygen atoms in total. The lowest BCUT2D eigenvalue weighted by atomic mass is 9.78. The number of hydrogen-bond donors (Lipinski definition) is 3. The molecule has 0 bridgehead atoms. The van der Waals surface area contributed by atoms with Gasteiger partial charge in [0.05, 0.1) is 21.5 Å². The predicted molar refractivity (Wildman–Crippen MR) is 143 cm³/mol. The van der Waals surface area contributed by atoms with Crippen LogP contribution in [-0.2, 0) is 4.79 Å². The summed E-state index contributed by atoms with van der Waals surface area (Å²) in [5.74, 6) is -0.274. The molecule has 8 heteroatoms. The molecular weight excluding hydrogens is 472 g/mol. The van der Waals surface area contributed by atoms with Crippen LogP contribution in [0.4, 0.5) is 11.4 Å². The van der Waals surface area contributed by atoms with Gasteiger partial charge in [-0.15, -0.1) is 11.3 Å². The number of anilines is 2. The minimum Gasteiger partial charge on any atom is -0.481 e. The number of carbonyl (C=O) groups is 2. The van der Waals surface area contributed by atoms with Gasteiger partial charge in [0, 0.05) is 23.4 Å². The highest BCUT2D eigenvalue weighted by atomic mass is 32.1. The molecule has 0 radical (unpaired) electrons. The quantitative estimate of drug-likeness (QED) is 0.269. The SMILES string of the molecule is Cc1ccc(N)c(C(=O)Nc2ccc(-c3ncnc4c(C5CCC(CC(=O)O)CC5)csc34)cc2)c1. The zero-order chi connectivity index (χ0) is 25.2. The molecule has 0 spiro atoms. The molecule has 2 heterocycles. The summed E-state index contributed by atoms with van der Waals surface area (Å²) < 4.78 is 1.05. The van der Waals surface area contributed by atoms with Gasteiger partial charge in [-0.3, -0.25) is 9.59 Å². The summed E-state index contributed by atoms with van der Waals surface area (Å²) in [5.41, 5.74) is 12.6. The van der Waals surface area contributed by atoms with Gasteiger partial charge in [-0.1, -0.05) is 23.8 Å². The van der Waals surface area contributed by atoms with Crippen LogP contribution in [0.15, 0.2) is 54.2 Å². The van der Waals surface area contributed by atoms with Crippen molar-refractivity contribution in [3.8, 4) is 11.3 Å². The number of aromatic nitrogens is 2. The third kappa shape index (κ3) is 4.95. The summed E-state index contributed by atoms with van der Waals surface area (Å²) in [6.07, 6.45) is 5.73. The predicted octanol–water partition coefficient (Wildman–Crippen LogP) is 6.25. The Bertz CT molecular complexity index is 1420. The van der Waals surface area contributed by atoms with Crippen LogP contribution in [0.3, 0.4) is 0 Å². The Morgan fingerprint density at radius 3 is 2.56 bits per heavy atom. The third-order valence-corrected chi connectivity index (χ3v) is 7.99. The van der Waals surface area contributed by atoms with E-state index in [1.54, 1.807) is 29.8 Å². The number of hydrogen-bond acceptors (Lipinski definition) is 6. The first-order chi connectivity index (χ1) is 17.4. The summed E-state index contributed by atoms with van der Waals surface area (Å²) in [5, 5.41) is 14.2. The maximum absolute atomic E-state index is 12.7. The zero-order valence-electron chi connectivity index (χ0n) is 20.0. The lowest BCUT2D eigenvalue weighted by Gasteiger charge is -2.27. The number of nitrogens with one attached hydrogen (secondary N) is 1. The molecule has 1 amide bonds. The molecule has 0 saturated heterocycles. The number of fused-ring (bicyclic) bond motifs is 1. The fraction of sp³-hybridized carbons (Fsp3) is 0.286. The van der Waals surface area contributed by atoms with Crippen molar-refractivity contribution in [3.05, 3.63) is 70.9 Å². The van der Waals surface area contributed by atoms with Crippen molar-refractivity contribution in [1.29, 1.82) is 0 Å². The van der Waals surface area contributed by atoms with Gasteiger partial charge in [0.1, 0.15) is 6.33 Å². The monoisotopic (exact) mass is 500 g/mol. The van der Waals surface area contributed by atoms with E-state index in [9.17, 15) is 9.59 Å². The van der Waals surface area contributed by atoms with Gasteiger partial charge in [0.15, 0.2) is 0 Å². The number of carboxylic acid groups (broad SMARTS) is 1. The van der Waals surface area contributed by atoms with Gasteiger partial charge in [0.25, 0.3) is 5.91 Å². The first-order valence-electron chi connectivity index (χ1n) is 12.1. The smallest absolute Gasteiger partial charge is 0.303 e. The second kappa shape index (κ2) is 10.1. The average molecular weight is 501 g/mol. The molecule has 184 valence electrons. The van der Waals surface area contributed by atoms with E-state index in [1.165, 1.54) is 5.56 Å². The summed E-state index contributed by atoms with van der Waals surface area (Å²) in [4.78, 5) is 32.9. The van der Waals surface area contributed by atoms with Crippen molar-refractivity contribution in [1.82, 2.24) is 9.97 Å². The minimum atomic E-state index is -0.707. The van der Waals surface area contributed by atoms with Crippen LogP contribution in [0.5, 0.6) is 0 Å². The van der Waals surface area contributed by atoms with Crippen LogP contribution in [0, 0.1) is 12.8 Å². The summed E-state index contributed by atoms with van der Waals surface area (Å²) in [6, 6.07) is 13.0. The Kier molecular flexibility index (Phi) is 6.69. The Labute approximate surface area is 213 Å². The van der Waals surface area contributed by atoms with E-state index in [-0.39, 0.29) is 18.2 Å². The number of rotatable bonds is 6. The number of nitrogen functional groups attached to an aromatic ring is 1. The highest BCUT2D eigenvalue weighted by Crippen LogP contribution is 2.42. The molecule has 1 aliphatic carbocycles. The third-order valence-electron chi connectivity index (χ3n) is 7.00. The fourth-order valence-electron chi connectivity index (χ4n) is 5.07. The van der Waals surface area contributed by atoms with Crippen molar-refractivity contribution in [3.63, 3.8) is 0 Å². The van der Waals surface area contributed by atoms with Gasteiger partial charge < -0.3 is 16.2 Å². The first-order valence-corrected chi connectivity index (χ1v) is 13.0. The number of aliphatic carboxylic acids is 1. The maximum Gasteiger partial charge on any atom is 0.303 e. The lowest BCUT2D eigenvalue weighted by molar-refractivity contribution is -0.138. The summed E-state index contributed by atoms with van der Waals surface area (Å²) in [6.45, 7) is 1.92. The van der Waals surface area contributed by atoms with E-state index in [2.05, 4.69) is 20.7 Å². The Balaban J connectivity index is 1.33. The van der Waals surface area contributed by atoms with Crippen molar-refractivity contribution >= 4 is 44.8 Å². The minimum absolute atomic E-state index is 0.241. The number of benzene rings is 2. The molecule has 2 aromatic heterocycles. The highest BCUT2D eigenvalue weighted by molar-refractivity contribution is 7.17. The maximum atomic E-state index is 12.7. The molecule has 1 saturated carbocycles. The van der Waals surface area contributed by atoms with Gasteiger partial charge in [0.2, 0.25) is 0 Å². The molecule has 1 fully saturated rings. The van der Waals surface area contributed by atoms with Crippen molar-refractivity contribution in [2.45, 2.75) is 44.9 Å². The van der Waals surface area contributed by atoms with Crippen LogP contribution >= 0.6 is 11.3 Å². The van der Waals surface area contributed by atoms with E-state index in [4.69, 9.17) is 10.8 Å². The second-order valence-corrected chi connectivity index (χ2v) is 10.4. The van der Waals surface area contributed by atoms with E-state index >= 15 is 0 Å². The Hall–Kier alpha value is -3.78. The molecule has 36 heavy (non-hydrogen) atoms. The van der Waals surface area contributed by atoms with Gasteiger partial charge in [-0.05, 0) is 79.7 Å². The number of nitrogens with zero attached hydrogens (tertiary/aromatic N) is 2. The van der Waals surface area contributed by atoms with E-state index < -0.39 is 5.97 Å². The van der Waals surface area contributed by atoms with Crippen LogP contribution < -0.4 is 11.1 Å². The topological polar surface area (TPSA) is 118 Å². The Morgan fingerprint density at radius 2 is 1.83 bits per heavy atom. The lowest BCUT2D eigenvalue weighted by Crippen LogP contribution is -2.16. The Morgan fingerprint density at radius 1 is 1.08 bits per heavy atom. The molecule has 1 aliphatic rings. The normalized spacial score (nSPS) is 17.7. The molecule has 2 aromatic carbocycles. The number of thiophene rings is 1. The largest absolute Gasteiger partial charge is 0.481 e. The molecule has 0 atom stereocenters. The second-order valence-electron chi connectivity index (χ2n) is 9.53. The summed E-state index contributed by atoms with van der Waals surface area (Å²) in [7, 11) is 0. The fourth-order valence-corrected chi connectivity index (χ4v) is 6.18. The highest BCUT2D eigenvalue weighted by Gasteiger charge is 2.26. The van der Waals surface area contributed by atoms with Crippen LogP contribution in [0.2, 0.25) is 0 Å². The van der Waals surface area contributed by atoms with E-state index in [1.807, 2.05) is 37.3 Å². The number of carbonyl (C=O) groups excluding carboxylic acids is 1. The number of carboxylic acids is 1. The molecule has 4 N–H and O–H groups in total. The van der Waals surface area contributed by atoms with Crippen molar-refractivity contribution in [2.75, 3.05) is 11.1 Å². The average Bonchev–Trinajstić information content (AvgIpc) is 3.30. The van der Waals surface area contributed by atoms with Gasteiger partial charge in [-0.2, -0.15) is 0 Å². The number of aryl methyl sites for hydroxylation is 1. The number of nitrogens with two attached hydrogens (primary N) is 1. The molecular formula is C28H28N4O3S. The molecule has 4 aromatic rings. The van der Waals surface area contributed by atoms with Crippen LogP contribution in [-0.4, -0.2) is 27.0 Å². The van der Waals surface area contributed by atoms with E-state index in [0.29, 0.717) is 22.9 Å². The molecule has 0 aliphatic heterocycles. The first kappa shape index (κ1) is 23.9. The van der Waals surface area contributed by atoms with E-state index in [0.717, 1.165) is 52.7 Å². The van der Waals surface area contributed by atoms with Crippen molar-refractivity contribution < 1.29 is 14.7 Å². The van der Waals surface area contributed by atoms with Crippen LogP contribution in [0.1, 0.15) is 59.5 Å². The van der Waals surface area contributed by atoms with Gasteiger partial charge >= 0.3 is 5.97 Å². The zero-order valence-corrected chi connectivity index (χ0v) is 20.8. The summed E-state index contributed by atoms with van der Waals surface area (Å²) >= 11 is 1.65.